The number of fused-ring (bicyclic) bond motifs is 4. The third-order valence-corrected chi connectivity index (χ3v) is 12.3. The summed E-state index contributed by atoms with van der Waals surface area (Å²) >= 11 is 0. The third-order valence-electron chi connectivity index (χ3n) is 8.78. The maximum Gasteiger partial charge on any atom is 0.707 e. The lowest BCUT2D eigenvalue weighted by molar-refractivity contribution is 0.289. The summed E-state index contributed by atoms with van der Waals surface area (Å²) in [4.78, 5) is 0. The summed E-state index contributed by atoms with van der Waals surface area (Å²) in [7, 11) is -0.345. The summed E-state index contributed by atoms with van der Waals surface area (Å²) in [6, 6.07) is 27.3. The van der Waals surface area contributed by atoms with Crippen LogP contribution in [0.25, 0.3) is 32.3 Å². The van der Waals surface area contributed by atoms with Crippen molar-refractivity contribution >= 4 is 52.9 Å². The zero-order valence-electron chi connectivity index (χ0n) is 24.0. The fourth-order valence-electron chi connectivity index (χ4n) is 6.90. The molecular weight excluding hydrogens is 545 g/mol. The maximum atomic E-state index is 13.5. The highest BCUT2D eigenvalue weighted by Crippen LogP contribution is 2.57. The van der Waals surface area contributed by atoms with Gasteiger partial charge >= 0.3 is 7.32 Å². The van der Waals surface area contributed by atoms with Gasteiger partial charge in [-0.3, -0.25) is 0 Å². The Morgan fingerprint density at radius 3 is 1.95 bits per heavy atom. The van der Waals surface area contributed by atoms with Gasteiger partial charge in [0.2, 0.25) is 0 Å². The van der Waals surface area contributed by atoms with Gasteiger partial charge in [0.15, 0.2) is 0 Å². The summed E-state index contributed by atoms with van der Waals surface area (Å²) in [6.07, 6.45) is 11.0. The molecule has 42 heavy (non-hydrogen) atoms. The first-order valence-electron chi connectivity index (χ1n) is 15.0. The van der Waals surface area contributed by atoms with Crippen molar-refractivity contribution in [3.05, 3.63) is 90.7 Å². The number of methoxy groups -OCH3 is 1. The van der Waals surface area contributed by atoms with E-state index in [-0.39, 0.29) is 13.7 Å². The fourth-order valence-corrected chi connectivity index (χ4v) is 10.8. The lowest BCUT2D eigenvalue weighted by Gasteiger charge is -2.31. The van der Waals surface area contributed by atoms with Crippen LogP contribution in [0.3, 0.4) is 0 Å². The summed E-state index contributed by atoms with van der Waals surface area (Å²) in [5.74, 6) is 1.07. The Bertz CT molecular complexity index is 1670. The van der Waals surface area contributed by atoms with E-state index in [9.17, 15) is 4.39 Å². The van der Waals surface area contributed by atoms with Crippen LogP contribution >= 0.6 is 7.92 Å². The molecule has 7 rings (SSSR count). The van der Waals surface area contributed by atoms with Crippen molar-refractivity contribution in [3.63, 3.8) is 0 Å². The second-order valence-electron chi connectivity index (χ2n) is 11.4. The number of hydrogen-bond donors (Lipinski definition) is 2. The molecule has 2 N–H and O–H groups in total. The first kappa shape index (κ1) is 28.9. The number of rotatable bonds is 6. The molecule has 2 saturated carbocycles. The summed E-state index contributed by atoms with van der Waals surface area (Å²) < 4.78 is 24.1. The van der Waals surface area contributed by atoms with Crippen molar-refractivity contribution in [3.8, 4) is 11.5 Å². The van der Waals surface area contributed by atoms with Crippen LogP contribution in [0.4, 0.5) is 4.39 Å². The highest BCUT2D eigenvalue weighted by Gasteiger charge is 2.35. The molecule has 0 amide bonds. The van der Waals surface area contributed by atoms with Gasteiger partial charge in [-0.25, -0.2) is 4.39 Å². The second kappa shape index (κ2) is 13.0. The van der Waals surface area contributed by atoms with E-state index in [1.807, 2.05) is 36.4 Å². The molecule has 0 aliphatic heterocycles. The van der Waals surface area contributed by atoms with Crippen LogP contribution in [0.2, 0.25) is 0 Å². The number of ether oxygens (including phenoxy) is 1. The van der Waals surface area contributed by atoms with Crippen molar-refractivity contribution in [2.75, 3.05) is 7.11 Å². The molecular formula is C35H37BFO4P. The van der Waals surface area contributed by atoms with Crippen LogP contribution in [0, 0.1) is 5.82 Å². The first-order valence-corrected chi connectivity index (χ1v) is 16.5. The molecule has 4 nitrogen and oxygen atoms in total. The molecule has 216 valence electrons. The standard InChI is InChI=1S/C18H13BO3.C17H24FOP/c20-19(21)22-17-7-3-6-12-8-9-15-10-13-4-1-2-5-14(13)11-16(15)18(12)17;1-19-16-12-13(18)10-11-17(16)20(14-6-2-3-7-14)15-8-4-5-9-15/h1-11,20-21H;10-12,14-15H,2-9H2,1H3. The van der Waals surface area contributed by atoms with E-state index in [0.717, 1.165) is 44.0 Å². The van der Waals surface area contributed by atoms with Crippen LogP contribution in [0.5, 0.6) is 11.5 Å². The smallest absolute Gasteiger partial charge is 0.511 e. The van der Waals surface area contributed by atoms with E-state index < -0.39 is 7.32 Å². The maximum absolute atomic E-state index is 13.5. The Labute approximate surface area is 248 Å². The fraction of sp³-hybridized carbons (Fsp3) is 0.314. The molecule has 5 aromatic carbocycles. The van der Waals surface area contributed by atoms with Gasteiger partial charge in [0, 0.05) is 16.8 Å². The number of halogens is 1. The van der Waals surface area contributed by atoms with Gasteiger partial charge < -0.3 is 19.4 Å². The van der Waals surface area contributed by atoms with E-state index in [0.29, 0.717) is 5.75 Å². The molecule has 0 radical (unpaired) electrons. The van der Waals surface area contributed by atoms with Crippen molar-refractivity contribution in [2.45, 2.75) is 62.7 Å². The normalized spacial score (nSPS) is 15.8. The molecule has 0 heterocycles. The molecule has 0 saturated heterocycles. The summed E-state index contributed by atoms with van der Waals surface area (Å²) in [6.45, 7) is 0. The third kappa shape index (κ3) is 6.13. The Balaban J connectivity index is 0.000000151. The average molecular weight is 582 g/mol. The molecule has 2 fully saturated rings. The van der Waals surface area contributed by atoms with Gasteiger partial charge in [-0.1, -0.05) is 82.1 Å². The van der Waals surface area contributed by atoms with E-state index in [1.54, 1.807) is 25.3 Å². The lowest BCUT2D eigenvalue weighted by Crippen LogP contribution is -2.20. The number of benzene rings is 5. The Kier molecular flexibility index (Phi) is 8.95. The Hall–Kier alpha value is -3.18. The molecule has 0 bridgehead atoms. The highest BCUT2D eigenvalue weighted by atomic mass is 31.1. The van der Waals surface area contributed by atoms with Gasteiger partial charge in [0.25, 0.3) is 0 Å². The van der Waals surface area contributed by atoms with Crippen LogP contribution in [0.1, 0.15) is 51.4 Å². The minimum Gasteiger partial charge on any atom is -0.511 e. The zero-order valence-corrected chi connectivity index (χ0v) is 24.9. The molecule has 0 spiro atoms. The Morgan fingerprint density at radius 1 is 0.690 bits per heavy atom. The predicted molar refractivity (Wildman–Crippen MR) is 174 cm³/mol. The SMILES string of the molecule is COc1cc(F)ccc1P(C1CCCC1)C1CCCC1.OB(O)Oc1cccc2ccc3cc4ccccc4cc3c12. The predicted octanol–water partition coefficient (Wildman–Crippen LogP) is 8.32. The molecule has 2 aliphatic rings. The van der Waals surface area contributed by atoms with E-state index in [4.69, 9.17) is 19.4 Å². The zero-order chi connectivity index (χ0) is 29.1. The molecule has 7 heteroatoms. The Morgan fingerprint density at radius 2 is 1.31 bits per heavy atom. The molecule has 2 aliphatic carbocycles. The quantitative estimate of drug-likeness (QED) is 0.0915. The summed E-state index contributed by atoms with van der Waals surface area (Å²) in [5.41, 5.74) is 1.68. The van der Waals surface area contributed by atoms with Gasteiger partial charge in [-0.2, -0.15) is 0 Å². The van der Waals surface area contributed by atoms with E-state index >= 15 is 0 Å². The highest BCUT2D eigenvalue weighted by molar-refractivity contribution is 7.67. The largest absolute Gasteiger partial charge is 0.707 e. The van der Waals surface area contributed by atoms with Crippen LogP contribution in [0.15, 0.2) is 84.9 Å². The van der Waals surface area contributed by atoms with Gasteiger partial charge in [0.05, 0.1) is 7.11 Å². The van der Waals surface area contributed by atoms with Gasteiger partial charge in [0.1, 0.15) is 17.3 Å². The van der Waals surface area contributed by atoms with Crippen LogP contribution in [-0.4, -0.2) is 35.8 Å². The lowest BCUT2D eigenvalue weighted by atomic mass is 9.97. The minimum absolute atomic E-state index is 0.182. The van der Waals surface area contributed by atoms with Crippen molar-refractivity contribution in [1.29, 1.82) is 0 Å². The monoisotopic (exact) mass is 582 g/mol. The average Bonchev–Trinajstić information content (AvgIpc) is 3.73. The van der Waals surface area contributed by atoms with Gasteiger partial charge in [-0.15, -0.1) is 0 Å². The second-order valence-corrected chi connectivity index (χ2v) is 14.1. The van der Waals surface area contributed by atoms with Crippen LogP contribution < -0.4 is 14.7 Å². The van der Waals surface area contributed by atoms with Crippen LogP contribution in [-0.2, 0) is 0 Å². The summed E-state index contributed by atoms with van der Waals surface area (Å²) in [5, 5.41) is 25.9. The van der Waals surface area contributed by atoms with E-state index in [1.165, 1.54) is 62.1 Å². The van der Waals surface area contributed by atoms with Crippen molar-refractivity contribution < 1.29 is 23.8 Å². The van der Waals surface area contributed by atoms with Crippen molar-refractivity contribution in [2.24, 2.45) is 0 Å². The number of hydrogen-bond acceptors (Lipinski definition) is 4. The first-order chi connectivity index (χ1) is 20.5. The molecule has 0 aromatic heterocycles. The molecule has 5 aromatic rings. The van der Waals surface area contributed by atoms with Gasteiger partial charge in [-0.05, 0) is 94.3 Å². The van der Waals surface area contributed by atoms with Crippen molar-refractivity contribution in [1.82, 2.24) is 0 Å². The molecule has 0 atom stereocenters. The van der Waals surface area contributed by atoms with E-state index in [2.05, 4.69) is 30.3 Å². The molecule has 0 unspecified atom stereocenters. The topological polar surface area (TPSA) is 58.9 Å². The minimum atomic E-state index is -1.83.